The highest BCUT2D eigenvalue weighted by molar-refractivity contribution is 5.78. The van der Waals surface area contributed by atoms with Gasteiger partial charge in [-0.1, -0.05) is 19.1 Å². The number of methoxy groups -OCH3 is 1. The smallest absolute Gasteiger partial charge is 0.332 e. The number of hydrogen-bond donors (Lipinski definition) is 0. The van der Waals surface area contributed by atoms with E-state index in [4.69, 9.17) is 4.74 Å². The molecule has 4 rings (SSSR count). The molecule has 0 bridgehead atoms. The minimum absolute atomic E-state index is 0.298. The highest BCUT2D eigenvalue weighted by Crippen LogP contribution is 2.37. The van der Waals surface area contributed by atoms with Crippen LogP contribution in [-0.2, 0) is 20.6 Å². The van der Waals surface area contributed by atoms with E-state index in [0.29, 0.717) is 29.6 Å². The SMILES string of the molecule is COc1ccccc1N1CC(C)Cn2c1nc1c2c(=O)n(C)c(=O)n1C. The lowest BCUT2D eigenvalue weighted by atomic mass is 10.1. The van der Waals surface area contributed by atoms with Gasteiger partial charge in [-0.15, -0.1) is 0 Å². The largest absolute Gasteiger partial charge is 0.495 e. The number of aryl methyl sites for hydroxylation is 1. The van der Waals surface area contributed by atoms with Gasteiger partial charge in [0.05, 0.1) is 12.8 Å². The van der Waals surface area contributed by atoms with E-state index in [-0.39, 0.29) is 11.2 Å². The predicted octanol–water partition coefficient (Wildman–Crippen LogP) is 1.23. The fraction of sp³-hybridized carbons (Fsp3) is 0.389. The van der Waals surface area contributed by atoms with Crippen molar-refractivity contribution in [2.24, 2.45) is 20.0 Å². The number of ether oxygens (including phenoxy) is 1. The third kappa shape index (κ3) is 2.18. The van der Waals surface area contributed by atoms with Crippen molar-refractivity contribution in [3.05, 3.63) is 45.1 Å². The molecule has 8 heteroatoms. The van der Waals surface area contributed by atoms with Crippen LogP contribution < -0.4 is 20.9 Å². The van der Waals surface area contributed by atoms with Gasteiger partial charge >= 0.3 is 5.69 Å². The molecule has 0 radical (unpaired) electrons. The molecule has 0 fully saturated rings. The van der Waals surface area contributed by atoms with E-state index in [9.17, 15) is 9.59 Å². The summed E-state index contributed by atoms with van der Waals surface area (Å²) in [6.45, 7) is 3.55. The molecule has 8 nitrogen and oxygen atoms in total. The molecule has 1 aliphatic heterocycles. The normalized spacial score (nSPS) is 16.8. The van der Waals surface area contributed by atoms with Gasteiger partial charge in [-0.05, 0) is 18.1 Å². The molecule has 0 spiro atoms. The average molecular weight is 355 g/mol. The summed E-state index contributed by atoms with van der Waals surface area (Å²) in [6.07, 6.45) is 0. The van der Waals surface area contributed by atoms with Crippen molar-refractivity contribution in [3.63, 3.8) is 0 Å². The van der Waals surface area contributed by atoms with Gasteiger partial charge in [-0.2, -0.15) is 4.98 Å². The summed E-state index contributed by atoms with van der Waals surface area (Å²) in [6, 6.07) is 7.73. The summed E-state index contributed by atoms with van der Waals surface area (Å²) in [5, 5.41) is 0. The first-order valence-electron chi connectivity index (χ1n) is 8.50. The second kappa shape index (κ2) is 5.76. The monoisotopic (exact) mass is 355 g/mol. The van der Waals surface area contributed by atoms with Gasteiger partial charge in [0.2, 0.25) is 5.95 Å². The van der Waals surface area contributed by atoms with Crippen molar-refractivity contribution in [3.8, 4) is 5.75 Å². The molecule has 1 atom stereocenters. The number of anilines is 2. The third-order valence-electron chi connectivity index (χ3n) is 4.93. The highest BCUT2D eigenvalue weighted by atomic mass is 16.5. The van der Waals surface area contributed by atoms with Crippen LogP contribution in [0.25, 0.3) is 11.2 Å². The Hall–Kier alpha value is -3.03. The van der Waals surface area contributed by atoms with E-state index in [1.807, 2.05) is 28.8 Å². The number of rotatable bonds is 2. The summed E-state index contributed by atoms with van der Waals surface area (Å²) in [5.41, 5.74) is 1.05. The van der Waals surface area contributed by atoms with E-state index in [2.05, 4.69) is 16.8 Å². The van der Waals surface area contributed by atoms with Gasteiger partial charge in [0.1, 0.15) is 5.75 Å². The van der Waals surface area contributed by atoms with Crippen LogP contribution in [0.1, 0.15) is 6.92 Å². The molecule has 1 aromatic carbocycles. The molecule has 3 aromatic rings. The third-order valence-corrected chi connectivity index (χ3v) is 4.93. The summed E-state index contributed by atoms with van der Waals surface area (Å²) in [7, 11) is 4.77. The van der Waals surface area contributed by atoms with Gasteiger partial charge in [0.15, 0.2) is 11.2 Å². The average Bonchev–Trinajstić information content (AvgIpc) is 3.03. The van der Waals surface area contributed by atoms with Crippen molar-refractivity contribution in [1.82, 2.24) is 18.7 Å². The Morgan fingerprint density at radius 3 is 2.58 bits per heavy atom. The number of fused-ring (bicyclic) bond motifs is 3. The summed E-state index contributed by atoms with van der Waals surface area (Å²) in [5.74, 6) is 1.69. The first-order valence-corrected chi connectivity index (χ1v) is 8.50. The number of para-hydroxylation sites is 2. The maximum atomic E-state index is 12.8. The Labute approximate surface area is 149 Å². The molecule has 26 heavy (non-hydrogen) atoms. The predicted molar refractivity (Wildman–Crippen MR) is 99.4 cm³/mol. The Morgan fingerprint density at radius 1 is 1.12 bits per heavy atom. The van der Waals surface area contributed by atoms with Crippen LogP contribution >= 0.6 is 0 Å². The molecule has 3 heterocycles. The van der Waals surface area contributed by atoms with Crippen molar-refractivity contribution in [2.75, 3.05) is 18.6 Å². The van der Waals surface area contributed by atoms with Crippen LogP contribution in [0.5, 0.6) is 5.75 Å². The quantitative estimate of drug-likeness (QED) is 0.691. The lowest BCUT2D eigenvalue weighted by Gasteiger charge is -2.33. The molecule has 0 amide bonds. The summed E-state index contributed by atoms with van der Waals surface area (Å²) >= 11 is 0. The topological polar surface area (TPSA) is 74.3 Å². The first-order chi connectivity index (χ1) is 12.4. The van der Waals surface area contributed by atoms with Gasteiger partial charge in [-0.25, -0.2) is 4.79 Å². The molecule has 0 aliphatic carbocycles. The fourth-order valence-electron chi connectivity index (χ4n) is 3.64. The molecule has 1 aliphatic rings. The number of imidazole rings is 1. The van der Waals surface area contributed by atoms with E-state index >= 15 is 0 Å². The molecular formula is C18H21N5O3. The molecule has 0 saturated carbocycles. The Bertz CT molecular complexity index is 1120. The van der Waals surface area contributed by atoms with Crippen LogP contribution in [0.2, 0.25) is 0 Å². The minimum atomic E-state index is -0.380. The molecule has 0 N–H and O–H groups in total. The fourth-order valence-corrected chi connectivity index (χ4v) is 3.64. The van der Waals surface area contributed by atoms with Gasteiger partial charge < -0.3 is 14.2 Å². The maximum absolute atomic E-state index is 12.8. The second-order valence-corrected chi connectivity index (χ2v) is 6.79. The maximum Gasteiger partial charge on any atom is 0.332 e. The number of aromatic nitrogens is 4. The zero-order chi connectivity index (χ0) is 18.6. The van der Waals surface area contributed by atoms with Crippen LogP contribution in [0, 0.1) is 5.92 Å². The number of hydrogen-bond acceptors (Lipinski definition) is 5. The Balaban J connectivity index is 2.05. The molecule has 136 valence electrons. The Morgan fingerprint density at radius 2 is 1.85 bits per heavy atom. The molecular weight excluding hydrogens is 334 g/mol. The van der Waals surface area contributed by atoms with Crippen molar-refractivity contribution in [1.29, 1.82) is 0 Å². The second-order valence-electron chi connectivity index (χ2n) is 6.79. The van der Waals surface area contributed by atoms with E-state index < -0.39 is 0 Å². The first kappa shape index (κ1) is 16.4. The molecule has 1 unspecified atom stereocenters. The van der Waals surface area contributed by atoms with Gasteiger partial charge in [0, 0.05) is 27.2 Å². The van der Waals surface area contributed by atoms with Crippen molar-refractivity contribution in [2.45, 2.75) is 13.5 Å². The lowest BCUT2D eigenvalue weighted by Crippen LogP contribution is -2.38. The van der Waals surface area contributed by atoms with Crippen LogP contribution in [0.4, 0.5) is 11.6 Å². The van der Waals surface area contributed by atoms with E-state index in [1.165, 1.54) is 11.6 Å². The number of benzene rings is 1. The van der Waals surface area contributed by atoms with Crippen molar-refractivity contribution < 1.29 is 4.74 Å². The van der Waals surface area contributed by atoms with Crippen LogP contribution in [0.3, 0.4) is 0 Å². The van der Waals surface area contributed by atoms with E-state index in [1.54, 1.807) is 14.2 Å². The van der Waals surface area contributed by atoms with Gasteiger partial charge in [-0.3, -0.25) is 13.9 Å². The summed E-state index contributed by atoms with van der Waals surface area (Å²) in [4.78, 5) is 31.7. The highest BCUT2D eigenvalue weighted by Gasteiger charge is 2.30. The van der Waals surface area contributed by atoms with Crippen LogP contribution in [-0.4, -0.2) is 32.3 Å². The Kier molecular flexibility index (Phi) is 3.64. The summed E-state index contributed by atoms with van der Waals surface area (Å²) < 4.78 is 9.98. The molecule has 2 aromatic heterocycles. The van der Waals surface area contributed by atoms with Crippen molar-refractivity contribution >= 4 is 22.8 Å². The standard InChI is InChI=1S/C18H21N5O3/c1-11-9-22(12-7-5-6-8-13(12)26-4)17-19-15-14(23(17)10-11)16(24)21(3)18(25)20(15)2/h5-8,11H,9-10H2,1-4H3. The molecule has 0 saturated heterocycles. The minimum Gasteiger partial charge on any atom is -0.495 e. The number of nitrogens with zero attached hydrogens (tertiary/aromatic N) is 5. The zero-order valence-electron chi connectivity index (χ0n) is 15.3. The van der Waals surface area contributed by atoms with Crippen LogP contribution in [0.15, 0.2) is 33.9 Å². The van der Waals surface area contributed by atoms with E-state index in [0.717, 1.165) is 22.5 Å². The zero-order valence-corrected chi connectivity index (χ0v) is 15.3. The van der Waals surface area contributed by atoms with Gasteiger partial charge in [0.25, 0.3) is 5.56 Å². The lowest BCUT2D eigenvalue weighted by molar-refractivity contribution is 0.409.